The lowest BCUT2D eigenvalue weighted by molar-refractivity contribution is 0.899. The van der Waals surface area contributed by atoms with Gasteiger partial charge in [0.05, 0.1) is 0 Å². The van der Waals surface area contributed by atoms with E-state index in [9.17, 15) is 0 Å². The van der Waals surface area contributed by atoms with Crippen LogP contribution >= 0.6 is 22.6 Å². The fraction of sp³-hybridized carbons (Fsp3) is 0.500. The molecule has 0 saturated carbocycles. The van der Waals surface area contributed by atoms with Crippen LogP contribution in [-0.4, -0.2) is 0 Å². The standard InChI is InChI=1S/C12H16I/c1-4-6-11-9(3)7-8-10(5-2)12(11)13/h8H,4-6H2,1-3H3. The van der Waals surface area contributed by atoms with Gasteiger partial charge in [-0.3, -0.25) is 0 Å². The Bertz CT molecular complexity index is 289. The van der Waals surface area contributed by atoms with Gasteiger partial charge in [-0.25, -0.2) is 0 Å². The van der Waals surface area contributed by atoms with Crippen molar-refractivity contribution in [3.05, 3.63) is 32.4 Å². The monoisotopic (exact) mass is 287 g/mol. The Hall–Kier alpha value is -0.0500. The van der Waals surface area contributed by atoms with E-state index in [1.807, 2.05) is 0 Å². The molecular weight excluding hydrogens is 271 g/mol. The highest BCUT2D eigenvalue weighted by molar-refractivity contribution is 14.1. The zero-order valence-electron chi connectivity index (χ0n) is 8.58. The maximum absolute atomic E-state index is 3.34. The number of benzene rings is 1. The van der Waals surface area contributed by atoms with Crippen molar-refractivity contribution in [2.45, 2.75) is 40.0 Å². The molecule has 0 aliphatic heterocycles. The van der Waals surface area contributed by atoms with Crippen LogP contribution in [0, 0.1) is 16.6 Å². The third-order valence-corrected chi connectivity index (χ3v) is 3.69. The van der Waals surface area contributed by atoms with Crippen molar-refractivity contribution in [1.29, 1.82) is 0 Å². The third kappa shape index (κ3) is 2.46. The summed E-state index contributed by atoms with van der Waals surface area (Å²) in [5.41, 5.74) is 4.26. The molecule has 0 fully saturated rings. The van der Waals surface area contributed by atoms with Crippen LogP contribution in [0.5, 0.6) is 0 Å². The minimum Gasteiger partial charge on any atom is -0.0651 e. The van der Waals surface area contributed by atoms with Gasteiger partial charge in [-0.15, -0.1) is 0 Å². The molecule has 0 spiro atoms. The molecule has 0 aliphatic rings. The lowest BCUT2D eigenvalue weighted by Crippen LogP contribution is -1.97. The first-order valence-corrected chi connectivity index (χ1v) is 5.97. The summed E-state index contributed by atoms with van der Waals surface area (Å²) in [5, 5.41) is 0. The molecule has 1 heteroatoms. The number of rotatable bonds is 3. The van der Waals surface area contributed by atoms with Crippen LogP contribution in [0.15, 0.2) is 6.07 Å². The van der Waals surface area contributed by atoms with Crippen molar-refractivity contribution < 1.29 is 0 Å². The zero-order chi connectivity index (χ0) is 9.84. The highest BCUT2D eigenvalue weighted by Gasteiger charge is 2.06. The largest absolute Gasteiger partial charge is 0.0651 e. The maximum Gasteiger partial charge on any atom is 0.0197 e. The minimum atomic E-state index is 1.12. The van der Waals surface area contributed by atoms with Gasteiger partial charge in [-0.05, 0) is 71.2 Å². The predicted molar refractivity (Wildman–Crippen MR) is 66.1 cm³/mol. The van der Waals surface area contributed by atoms with Crippen LogP contribution in [0.25, 0.3) is 0 Å². The summed E-state index contributed by atoms with van der Waals surface area (Å²) in [6.07, 6.45) is 3.53. The van der Waals surface area contributed by atoms with Crippen molar-refractivity contribution in [3.8, 4) is 0 Å². The zero-order valence-corrected chi connectivity index (χ0v) is 10.7. The van der Waals surface area contributed by atoms with E-state index in [2.05, 4.69) is 55.5 Å². The van der Waals surface area contributed by atoms with Crippen molar-refractivity contribution in [2.75, 3.05) is 0 Å². The summed E-state index contributed by atoms with van der Waals surface area (Å²) in [5.74, 6) is 0. The molecule has 0 aliphatic carbocycles. The fourth-order valence-corrected chi connectivity index (χ4v) is 2.72. The molecule has 0 unspecified atom stereocenters. The van der Waals surface area contributed by atoms with Crippen LogP contribution in [0.4, 0.5) is 0 Å². The lowest BCUT2D eigenvalue weighted by atomic mass is 10.0. The summed E-state index contributed by atoms with van der Waals surface area (Å²) < 4.78 is 1.46. The van der Waals surface area contributed by atoms with Gasteiger partial charge in [0.1, 0.15) is 0 Å². The minimum absolute atomic E-state index is 1.12. The smallest absolute Gasteiger partial charge is 0.0197 e. The molecule has 13 heavy (non-hydrogen) atoms. The Morgan fingerprint density at radius 1 is 1.38 bits per heavy atom. The predicted octanol–water partition coefficient (Wildman–Crippen LogP) is 3.91. The Kier molecular flexibility index (Phi) is 4.23. The topological polar surface area (TPSA) is 0 Å². The second kappa shape index (κ2) is 4.99. The maximum atomic E-state index is 3.34. The van der Waals surface area contributed by atoms with Gasteiger partial charge in [0.25, 0.3) is 0 Å². The van der Waals surface area contributed by atoms with E-state index in [4.69, 9.17) is 0 Å². The number of halogens is 1. The van der Waals surface area contributed by atoms with Crippen molar-refractivity contribution in [1.82, 2.24) is 0 Å². The molecular formula is C12H16I. The molecule has 1 rings (SSSR count). The van der Waals surface area contributed by atoms with E-state index in [-0.39, 0.29) is 0 Å². The summed E-state index contributed by atoms with van der Waals surface area (Å²) in [7, 11) is 0. The van der Waals surface area contributed by atoms with E-state index in [0.717, 1.165) is 6.42 Å². The van der Waals surface area contributed by atoms with Crippen molar-refractivity contribution in [3.63, 3.8) is 0 Å². The molecule has 0 aromatic heterocycles. The number of hydrogen-bond acceptors (Lipinski definition) is 0. The van der Waals surface area contributed by atoms with Gasteiger partial charge >= 0.3 is 0 Å². The normalized spacial score (nSPS) is 10.5. The Morgan fingerprint density at radius 3 is 2.62 bits per heavy atom. The molecule has 0 nitrogen and oxygen atoms in total. The first kappa shape index (κ1) is 11.0. The lowest BCUT2D eigenvalue weighted by Gasteiger charge is -2.10. The molecule has 0 N–H and O–H groups in total. The van der Waals surface area contributed by atoms with Gasteiger partial charge in [0, 0.05) is 3.57 Å². The van der Waals surface area contributed by atoms with Crippen molar-refractivity contribution in [2.24, 2.45) is 0 Å². The molecule has 0 saturated heterocycles. The van der Waals surface area contributed by atoms with E-state index in [0.29, 0.717) is 0 Å². The molecule has 1 aromatic rings. The third-order valence-electron chi connectivity index (χ3n) is 2.34. The number of aryl methyl sites for hydroxylation is 2. The average molecular weight is 287 g/mol. The van der Waals surface area contributed by atoms with Crippen LogP contribution < -0.4 is 0 Å². The molecule has 71 valence electrons. The Morgan fingerprint density at radius 2 is 2.08 bits per heavy atom. The molecule has 0 bridgehead atoms. The first-order chi connectivity index (χ1) is 6.20. The van der Waals surface area contributed by atoms with Crippen LogP contribution in [0.3, 0.4) is 0 Å². The summed E-state index contributed by atoms with van der Waals surface area (Å²) in [4.78, 5) is 0. The molecule has 0 atom stereocenters. The highest BCUT2D eigenvalue weighted by atomic mass is 127. The van der Waals surface area contributed by atoms with Crippen LogP contribution in [0.2, 0.25) is 0 Å². The van der Waals surface area contributed by atoms with Gasteiger partial charge in [0.15, 0.2) is 0 Å². The SMILES string of the molecule is CCCc1c(C)[c]cc(CC)c1I. The van der Waals surface area contributed by atoms with E-state index in [1.165, 1.54) is 33.1 Å². The first-order valence-electron chi connectivity index (χ1n) is 4.89. The van der Waals surface area contributed by atoms with E-state index < -0.39 is 0 Å². The highest BCUT2D eigenvalue weighted by Crippen LogP contribution is 2.22. The summed E-state index contributed by atoms with van der Waals surface area (Å²) in [6.45, 7) is 6.59. The molecule has 1 radical (unpaired) electrons. The quantitative estimate of drug-likeness (QED) is 0.739. The van der Waals surface area contributed by atoms with E-state index in [1.54, 1.807) is 0 Å². The van der Waals surface area contributed by atoms with Gasteiger partial charge in [-0.2, -0.15) is 0 Å². The van der Waals surface area contributed by atoms with Gasteiger partial charge < -0.3 is 0 Å². The van der Waals surface area contributed by atoms with Crippen LogP contribution in [-0.2, 0) is 12.8 Å². The van der Waals surface area contributed by atoms with E-state index >= 15 is 0 Å². The second-order valence-electron chi connectivity index (χ2n) is 3.34. The van der Waals surface area contributed by atoms with Gasteiger partial charge in [0.2, 0.25) is 0 Å². The van der Waals surface area contributed by atoms with Gasteiger partial charge in [-0.1, -0.05) is 20.3 Å². The fourth-order valence-electron chi connectivity index (χ4n) is 1.51. The molecule has 0 heterocycles. The summed E-state index contributed by atoms with van der Waals surface area (Å²) >= 11 is 2.47. The molecule has 0 amide bonds. The van der Waals surface area contributed by atoms with Crippen molar-refractivity contribution >= 4 is 22.6 Å². The summed E-state index contributed by atoms with van der Waals surface area (Å²) in [6, 6.07) is 5.48. The van der Waals surface area contributed by atoms with Crippen LogP contribution in [0.1, 0.15) is 37.0 Å². The Labute approximate surface area is 94.9 Å². The second-order valence-corrected chi connectivity index (χ2v) is 4.41. The average Bonchev–Trinajstić information content (AvgIpc) is 2.12. The molecule has 1 aromatic carbocycles. The Balaban J connectivity index is 3.13. The number of hydrogen-bond donors (Lipinski definition) is 0.